The lowest BCUT2D eigenvalue weighted by molar-refractivity contribution is -0.660. The maximum atomic E-state index is 7.98. The van der Waals surface area contributed by atoms with E-state index in [2.05, 4.69) is 28.6 Å². The van der Waals surface area contributed by atoms with Gasteiger partial charge in [0, 0.05) is 35.1 Å². The molecule has 0 aliphatic carbocycles. The number of nitrogens with zero attached hydrogens (tertiary/aromatic N) is 3. The highest BCUT2D eigenvalue weighted by Gasteiger charge is 2.28. The number of aromatic nitrogens is 3. The van der Waals surface area contributed by atoms with Crippen molar-refractivity contribution in [1.29, 1.82) is 0 Å². The van der Waals surface area contributed by atoms with Gasteiger partial charge in [0.1, 0.15) is 12.9 Å². The van der Waals surface area contributed by atoms with Crippen molar-refractivity contribution in [3.8, 4) is 16.9 Å². The molecule has 110 valence electrons. The molecule has 0 atom stereocenters. The number of aryl methyl sites for hydroxylation is 4. The minimum Gasteiger partial charge on any atom is -0.303 e. The second-order valence-electron chi connectivity index (χ2n) is 6.03. The van der Waals surface area contributed by atoms with Crippen LogP contribution in [0.15, 0.2) is 36.8 Å². The van der Waals surface area contributed by atoms with Crippen molar-refractivity contribution in [3.05, 3.63) is 64.9 Å². The van der Waals surface area contributed by atoms with E-state index in [-0.39, 0.29) is 0 Å². The molecule has 0 saturated carbocycles. The summed E-state index contributed by atoms with van der Waals surface area (Å²) in [6.07, 6.45) is 6.28. The average Bonchev–Trinajstić information content (AvgIpc) is 3.09. The van der Waals surface area contributed by atoms with E-state index in [1.165, 1.54) is 5.56 Å². The summed E-state index contributed by atoms with van der Waals surface area (Å²) in [5.41, 5.74) is 6.59. The molecule has 0 bridgehead atoms. The molecule has 0 radical (unpaired) electrons. The first kappa shape index (κ1) is 10.3. The Kier molecular flexibility index (Phi) is 2.13. The molecular formula is C19H20N3+. The Labute approximate surface area is 135 Å². The SMILES string of the molecule is [2H]C([2H])([2H])c1cc(C)c(-c2cc(C)cc[n+]2C)c2c1-n1ccnc1C2. The van der Waals surface area contributed by atoms with E-state index in [0.29, 0.717) is 12.0 Å². The zero-order chi connectivity index (χ0) is 17.9. The van der Waals surface area contributed by atoms with E-state index < -0.39 is 6.85 Å². The third kappa shape index (κ3) is 1.75. The van der Waals surface area contributed by atoms with Crippen LogP contribution in [0.1, 0.15) is 32.2 Å². The largest absolute Gasteiger partial charge is 0.303 e. The Morgan fingerprint density at radius 2 is 2.14 bits per heavy atom. The van der Waals surface area contributed by atoms with Gasteiger partial charge in [-0.25, -0.2) is 9.55 Å². The van der Waals surface area contributed by atoms with Crippen molar-refractivity contribution >= 4 is 0 Å². The molecule has 3 nitrogen and oxygen atoms in total. The summed E-state index contributed by atoms with van der Waals surface area (Å²) >= 11 is 0. The third-order valence-electron chi connectivity index (χ3n) is 4.45. The van der Waals surface area contributed by atoms with Crippen LogP contribution in [0.5, 0.6) is 0 Å². The summed E-state index contributed by atoms with van der Waals surface area (Å²) in [6, 6.07) is 6.04. The molecular weight excluding hydrogens is 270 g/mol. The van der Waals surface area contributed by atoms with Crippen LogP contribution in [0.4, 0.5) is 0 Å². The number of imidazole rings is 1. The van der Waals surface area contributed by atoms with Crippen molar-refractivity contribution in [1.82, 2.24) is 9.55 Å². The second kappa shape index (κ2) is 4.54. The van der Waals surface area contributed by atoms with Crippen LogP contribution >= 0.6 is 0 Å². The third-order valence-corrected chi connectivity index (χ3v) is 4.45. The van der Waals surface area contributed by atoms with Gasteiger partial charge in [-0.1, -0.05) is 6.07 Å². The highest BCUT2D eigenvalue weighted by molar-refractivity contribution is 5.75. The fraction of sp³-hybridized carbons (Fsp3) is 0.263. The molecule has 1 aromatic carbocycles. The Morgan fingerprint density at radius 3 is 2.95 bits per heavy atom. The number of hydrogen-bond donors (Lipinski definition) is 0. The van der Waals surface area contributed by atoms with Gasteiger partial charge < -0.3 is 4.57 Å². The van der Waals surface area contributed by atoms with Crippen molar-refractivity contribution in [2.75, 3.05) is 0 Å². The highest BCUT2D eigenvalue weighted by atomic mass is 15.1. The topological polar surface area (TPSA) is 21.7 Å². The van der Waals surface area contributed by atoms with E-state index in [1.807, 2.05) is 37.0 Å². The van der Waals surface area contributed by atoms with Crippen LogP contribution in [0.3, 0.4) is 0 Å². The molecule has 0 amide bonds. The number of hydrogen-bond acceptors (Lipinski definition) is 1. The normalized spacial score (nSPS) is 15.0. The standard InChI is InChI=1S/C19H20N3/c1-12-5-7-21(4)16(9-12)18-13(2)10-14(3)19-15(18)11-17-20-6-8-22(17)19/h5-10H,11H2,1-4H3/q+1/i3D3. The molecule has 3 heterocycles. The van der Waals surface area contributed by atoms with Gasteiger partial charge in [0.15, 0.2) is 6.20 Å². The molecule has 0 fully saturated rings. The van der Waals surface area contributed by atoms with Gasteiger partial charge in [-0.2, -0.15) is 0 Å². The van der Waals surface area contributed by atoms with Crippen molar-refractivity contribution in [2.24, 2.45) is 7.05 Å². The summed E-state index contributed by atoms with van der Waals surface area (Å²) in [7, 11) is 2.02. The summed E-state index contributed by atoms with van der Waals surface area (Å²) in [6.45, 7) is 1.91. The highest BCUT2D eigenvalue weighted by Crippen LogP contribution is 2.38. The Hall–Kier alpha value is -2.42. The molecule has 0 spiro atoms. The van der Waals surface area contributed by atoms with Gasteiger partial charge in [-0.05, 0) is 43.0 Å². The Bertz CT molecular complexity index is 1000. The number of fused-ring (bicyclic) bond motifs is 3. The fourth-order valence-electron chi connectivity index (χ4n) is 3.43. The predicted molar refractivity (Wildman–Crippen MR) is 87.2 cm³/mol. The molecule has 3 heteroatoms. The van der Waals surface area contributed by atoms with Crippen molar-refractivity contribution in [3.63, 3.8) is 0 Å². The lowest BCUT2D eigenvalue weighted by Gasteiger charge is -2.14. The molecule has 2 aromatic heterocycles. The maximum Gasteiger partial charge on any atom is 0.213 e. The van der Waals surface area contributed by atoms with E-state index >= 15 is 0 Å². The number of benzene rings is 1. The Balaban J connectivity index is 2.09. The quantitative estimate of drug-likeness (QED) is 0.494. The van der Waals surface area contributed by atoms with E-state index in [9.17, 15) is 0 Å². The lowest BCUT2D eigenvalue weighted by Crippen LogP contribution is -2.31. The molecule has 4 rings (SSSR count). The first-order valence-electron chi connectivity index (χ1n) is 8.93. The van der Waals surface area contributed by atoms with Crippen LogP contribution in [0.2, 0.25) is 0 Å². The van der Waals surface area contributed by atoms with Crippen molar-refractivity contribution < 1.29 is 8.68 Å². The van der Waals surface area contributed by atoms with E-state index in [1.54, 1.807) is 6.20 Å². The smallest absolute Gasteiger partial charge is 0.213 e. The van der Waals surface area contributed by atoms with E-state index in [4.69, 9.17) is 4.11 Å². The van der Waals surface area contributed by atoms with Gasteiger partial charge in [0.2, 0.25) is 5.69 Å². The van der Waals surface area contributed by atoms with Crippen LogP contribution < -0.4 is 4.57 Å². The fourth-order valence-corrected chi connectivity index (χ4v) is 3.43. The number of rotatable bonds is 1. The Morgan fingerprint density at radius 1 is 1.27 bits per heavy atom. The first-order valence-corrected chi connectivity index (χ1v) is 7.43. The molecule has 22 heavy (non-hydrogen) atoms. The predicted octanol–water partition coefficient (Wildman–Crippen LogP) is 3.19. The van der Waals surface area contributed by atoms with Crippen LogP contribution in [0, 0.1) is 20.7 Å². The molecule has 0 saturated heterocycles. The minimum atomic E-state index is -2.16. The summed E-state index contributed by atoms with van der Waals surface area (Å²) < 4.78 is 28.0. The van der Waals surface area contributed by atoms with Crippen LogP contribution in [-0.2, 0) is 13.5 Å². The average molecular weight is 293 g/mol. The zero-order valence-corrected chi connectivity index (χ0v) is 13.0. The first-order chi connectivity index (χ1) is 11.8. The summed E-state index contributed by atoms with van der Waals surface area (Å²) in [5, 5.41) is 0. The summed E-state index contributed by atoms with van der Waals surface area (Å²) in [5.74, 6) is 0.891. The molecule has 3 aromatic rings. The molecule has 0 N–H and O–H groups in total. The maximum absolute atomic E-state index is 7.98. The monoisotopic (exact) mass is 293 g/mol. The minimum absolute atomic E-state index is 0.399. The molecule has 0 unspecified atom stereocenters. The second-order valence-corrected chi connectivity index (χ2v) is 6.03. The lowest BCUT2D eigenvalue weighted by atomic mass is 9.92. The van der Waals surface area contributed by atoms with Gasteiger partial charge in [0.25, 0.3) is 0 Å². The van der Waals surface area contributed by atoms with Gasteiger partial charge in [-0.15, -0.1) is 0 Å². The summed E-state index contributed by atoms with van der Waals surface area (Å²) in [4.78, 5) is 4.41. The van der Waals surface area contributed by atoms with Gasteiger partial charge >= 0.3 is 0 Å². The van der Waals surface area contributed by atoms with E-state index in [0.717, 1.165) is 33.9 Å². The van der Waals surface area contributed by atoms with Crippen LogP contribution in [-0.4, -0.2) is 9.55 Å². The molecule has 1 aliphatic rings. The van der Waals surface area contributed by atoms with Crippen molar-refractivity contribution in [2.45, 2.75) is 27.1 Å². The van der Waals surface area contributed by atoms with Crippen LogP contribution in [0.25, 0.3) is 16.9 Å². The van der Waals surface area contributed by atoms with Gasteiger partial charge in [0.05, 0.1) is 11.3 Å². The zero-order valence-electron chi connectivity index (χ0n) is 16.0. The molecule has 1 aliphatic heterocycles. The number of pyridine rings is 1. The van der Waals surface area contributed by atoms with Gasteiger partial charge in [-0.3, -0.25) is 0 Å².